The minimum Gasteiger partial charge on any atom is -0.0561 e. The van der Waals surface area contributed by atoms with Gasteiger partial charge in [0, 0.05) is 4.90 Å². The van der Waals surface area contributed by atoms with Gasteiger partial charge in [0.25, 0.3) is 0 Å². The van der Waals surface area contributed by atoms with Crippen molar-refractivity contribution >= 4 is 21.7 Å². The summed E-state index contributed by atoms with van der Waals surface area (Å²) in [4.78, 5) is 1.19. The van der Waals surface area contributed by atoms with Crippen LogP contribution in [-0.4, -0.2) is 0 Å². The van der Waals surface area contributed by atoms with Crippen LogP contribution in [0.3, 0.4) is 0 Å². The lowest BCUT2D eigenvalue weighted by molar-refractivity contribution is 0.588. The number of hydrogen-bond donors (Lipinski definition) is 0. The Hall–Kier alpha value is -0.140. The maximum Gasteiger partial charge on any atom is 0.0292 e. The van der Waals surface area contributed by atoms with Gasteiger partial charge in [-0.1, -0.05) is 32.9 Å². The van der Waals surface area contributed by atoms with Gasteiger partial charge in [-0.15, -0.1) is 0 Å². The Morgan fingerprint density at radius 3 is 1.79 bits per heavy atom. The monoisotopic (exact) mass is 228 g/mol. The number of halogens is 1. The largest absolute Gasteiger partial charge is 0.0561 e. The summed E-state index contributed by atoms with van der Waals surface area (Å²) < 4.78 is 0. The molecule has 0 nitrogen and oxygen atoms in total. The van der Waals surface area contributed by atoms with Crippen LogP contribution in [0.25, 0.3) is 0 Å². The average molecular weight is 229 g/mol. The molecular weight excluding hydrogens is 212 g/mol. The van der Waals surface area contributed by atoms with Crippen LogP contribution in [0.1, 0.15) is 37.5 Å². The molecule has 1 aromatic carbocycles. The molecule has 14 heavy (non-hydrogen) atoms. The lowest BCUT2D eigenvalue weighted by atomic mass is 9.85. The summed E-state index contributed by atoms with van der Waals surface area (Å²) in [6.45, 7) is 10.9. The van der Waals surface area contributed by atoms with E-state index in [-0.39, 0.29) is 5.41 Å². The van der Waals surface area contributed by atoms with Crippen molar-refractivity contribution in [3.05, 3.63) is 28.8 Å². The topological polar surface area (TPSA) is 0 Å². The first kappa shape index (κ1) is 11.9. The van der Waals surface area contributed by atoms with Crippen molar-refractivity contribution in [1.29, 1.82) is 0 Å². The van der Waals surface area contributed by atoms with Crippen LogP contribution in [0.15, 0.2) is 17.0 Å². The van der Waals surface area contributed by atoms with Crippen LogP contribution in [0.2, 0.25) is 0 Å². The normalized spacial score (nSPS) is 11.9. The highest BCUT2D eigenvalue weighted by molar-refractivity contribution is 8.21. The first-order valence-electron chi connectivity index (χ1n) is 4.76. The first-order chi connectivity index (χ1) is 6.36. The smallest absolute Gasteiger partial charge is 0.0292 e. The predicted molar refractivity (Wildman–Crippen MR) is 66.3 cm³/mol. The Labute approximate surface area is 95.6 Å². The molecule has 0 spiro atoms. The quantitative estimate of drug-likeness (QED) is 0.663. The molecule has 0 fully saturated rings. The molecule has 0 saturated heterocycles. The third-order valence-electron chi connectivity index (χ3n) is 2.40. The van der Waals surface area contributed by atoms with E-state index in [4.69, 9.17) is 10.7 Å². The van der Waals surface area contributed by atoms with Gasteiger partial charge in [0.1, 0.15) is 0 Å². The number of hydrogen-bond acceptors (Lipinski definition) is 1. The molecule has 0 aliphatic rings. The molecule has 0 unspecified atom stereocenters. The van der Waals surface area contributed by atoms with Gasteiger partial charge in [0.2, 0.25) is 0 Å². The summed E-state index contributed by atoms with van der Waals surface area (Å²) in [7, 11) is 7.13. The molecule has 0 aliphatic carbocycles. The lowest BCUT2D eigenvalue weighted by Gasteiger charge is -2.21. The molecule has 0 saturated carbocycles. The Bertz CT molecular complexity index is 314. The van der Waals surface area contributed by atoms with Crippen molar-refractivity contribution in [2.75, 3.05) is 0 Å². The average Bonchev–Trinajstić information content (AvgIpc) is 2.01. The SMILES string of the molecule is Cc1cc(C(C)(C)C)cc(C)c1SCl. The van der Waals surface area contributed by atoms with Crippen molar-refractivity contribution < 1.29 is 0 Å². The van der Waals surface area contributed by atoms with E-state index < -0.39 is 0 Å². The van der Waals surface area contributed by atoms with E-state index in [9.17, 15) is 0 Å². The van der Waals surface area contributed by atoms with Gasteiger partial charge in [0.15, 0.2) is 0 Å². The zero-order valence-corrected chi connectivity index (χ0v) is 11.0. The van der Waals surface area contributed by atoms with Crippen LogP contribution in [0.4, 0.5) is 0 Å². The minimum atomic E-state index is 0.213. The molecule has 1 rings (SSSR count). The fourth-order valence-corrected chi connectivity index (χ4v) is 2.60. The maximum atomic E-state index is 5.82. The maximum absolute atomic E-state index is 5.82. The van der Waals surface area contributed by atoms with Gasteiger partial charge in [-0.05, 0) is 57.6 Å². The van der Waals surface area contributed by atoms with Crippen LogP contribution in [0.5, 0.6) is 0 Å². The lowest BCUT2D eigenvalue weighted by Crippen LogP contribution is -2.11. The zero-order valence-electron chi connectivity index (χ0n) is 9.44. The summed E-state index contributed by atoms with van der Waals surface area (Å²) >= 11 is 0. The van der Waals surface area contributed by atoms with Crippen LogP contribution < -0.4 is 0 Å². The second-order valence-corrected chi connectivity index (χ2v) is 5.79. The highest BCUT2D eigenvalue weighted by Crippen LogP contribution is 2.33. The molecule has 0 amide bonds. The Kier molecular flexibility index (Phi) is 3.54. The Morgan fingerprint density at radius 2 is 1.50 bits per heavy atom. The predicted octanol–water partition coefficient (Wildman–Crippen LogP) is 4.85. The van der Waals surface area contributed by atoms with Gasteiger partial charge in [-0.3, -0.25) is 0 Å². The number of benzene rings is 1. The second kappa shape index (κ2) is 4.16. The second-order valence-electron chi connectivity index (χ2n) is 4.77. The summed E-state index contributed by atoms with van der Waals surface area (Å²) in [5.74, 6) is 0. The molecule has 0 heterocycles. The third-order valence-corrected chi connectivity index (χ3v) is 3.66. The molecule has 0 N–H and O–H groups in total. The summed E-state index contributed by atoms with van der Waals surface area (Å²) in [6, 6.07) is 4.47. The number of aryl methyl sites for hydroxylation is 2. The molecule has 0 atom stereocenters. The number of rotatable bonds is 1. The van der Waals surface area contributed by atoms with E-state index in [1.807, 2.05) is 0 Å². The van der Waals surface area contributed by atoms with Crippen LogP contribution in [-0.2, 0) is 5.41 Å². The highest BCUT2D eigenvalue weighted by Gasteiger charge is 2.16. The van der Waals surface area contributed by atoms with Crippen molar-refractivity contribution in [2.45, 2.75) is 44.9 Å². The molecule has 1 aromatic rings. The van der Waals surface area contributed by atoms with Gasteiger partial charge in [-0.25, -0.2) is 0 Å². The van der Waals surface area contributed by atoms with Crippen molar-refractivity contribution in [3.8, 4) is 0 Å². The summed E-state index contributed by atoms with van der Waals surface area (Å²) in [5, 5.41) is 0. The molecule has 0 aliphatic heterocycles. The van der Waals surface area contributed by atoms with Crippen LogP contribution in [0, 0.1) is 13.8 Å². The van der Waals surface area contributed by atoms with Crippen LogP contribution >= 0.6 is 21.7 Å². The first-order valence-corrected chi connectivity index (χ1v) is 6.41. The molecular formula is C12H17ClS. The Balaban J connectivity index is 3.28. The molecule has 78 valence electrons. The Morgan fingerprint density at radius 1 is 1.07 bits per heavy atom. The summed E-state index contributed by atoms with van der Waals surface area (Å²) in [6.07, 6.45) is 0. The molecule has 0 bridgehead atoms. The van der Waals surface area contributed by atoms with E-state index in [1.165, 1.54) is 32.6 Å². The van der Waals surface area contributed by atoms with Gasteiger partial charge in [0.05, 0.1) is 0 Å². The van der Waals surface area contributed by atoms with E-state index in [0.717, 1.165) is 0 Å². The van der Waals surface area contributed by atoms with E-state index in [0.29, 0.717) is 0 Å². The van der Waals surface area contributed by atoms with Gasteiger partial charge < -0.3 is 0 Å². The van der Waals surface area contributed by atoms with Gasteiger partial charge in [-0.2, -0.15) is 0 Å². The highest BCUT2D eigenvalue weighted by atomic mass is 35.7. The minimum absolute atomic E-state index is 0.213. The fraction of sp³-hybridized carbons (Fsp3) is 0.500. The zero-order chi connectivity index (χ0) is 10.9. The molecule has 0 aromatic heterocycles. The molecule has 0 radical (unpaired) electrons. The van der Waals surface area contributed by atoms with Crippen molar-refractivity contribution in [1.82, 2.24) is 0 Å². The van der Waals surface area contributed by atoms with E-state index in [1.54, 1.807) is 0 Å². The third kappa shape index (κ3) is 2.46. The standard InChI is InChI=1S/C12H17ClS/c1-8-6-10(12(3,4)5)7-9(2)11(8)14-13/h6-7H,1-5H3. The van der Waals surface area contributed by atoms with Crippen molar-refractivity contribution in [2.24, 2.45) is 0 Å². The van der Waals surface area contributed by atoms with Crippen molar-refractivity contribution in [3.63, 3.8) is 0 Å². The van der Waals surface area contributed by atoms with E-state index in [2.05, 4.69) is 46.8 Å². The van der Waals surface area contributed by atoms with Gasteiger partial charge >= 0.3 is 0 Å². The fourth-order valence-electron chi connectivity index (χ4n) is 1.50. The summed E-state index contributed by atoms with van der Waals surface area (Å²) in [5.41, 5.74) is 4.14. The molecule has 2 heteroatoms. The van der Waals surface area contributed by atoms with E-state index >= 15 is 0 Å².